The minimum atomic E-state index is 0.00273. The number of benzene rings is 1. The van der Waals surface area contributed by atoms with Gasteiger partial charge in [0.05, 0.1) is 0 Å². The maximum atomic E-state index is 12.7. The second-order valence-electron chi connectivity index (χ2n) is 6.92. The average molecular weight is 341 g/mol. The fourth-order valence-electron chi connectivity index (χ4n) is 3.60. The lowest BCUT2D eigenvalue weighted by molar-refractivity contribution is 0.0629. The highest BCUT2D eigenvalue weighted by molar-refractivity contribution is 5.91. The highest BCUT2D eigenvalue weighted by Gasteiger charge is 2.26. The van der Waals surface area contributed by atoms with Crippen molar-refractivity contribution in [2.24, 2.45) is 5.92 Å². The number of amides is 1. The van der Waals surface area contributed by atoms with E-state index in [1.54, 1.807) is 13.2 Å². The summed E-state index contributed by atoms with van der Waals surface area (Å²) in [4.78, 5) is 14.6. The molecule has 1 aliphatic rings. The van der Waals surface area contributed by atoms with Crippen molar-refractivity contribution in [3.63, 3.8) is 0 Å². The summed E-state index contributed by atoms with van der Waals surface area (Å²) in [5.74, 6) is 1.68. The summed E-state index contributed by atoms with van der Waals surface area (Å²) in [5.41, 5.74) is 2.77. The highest BCUT2D eigenvalue weighted by Crippen LogP contribution is 2.24. The normalized spacial score (nSPS) is 17.7. The van der Waals surface area contributed by atoms with Gasteiger partial charge in [0, 0.05) is 20.2 Å². The number of carbonyl (C=O) groups excluding carboxylic acids is 1. The standard InChI is InChI=1S/C21H27NO3/c1-16-6-3-4-8-18(16)10-9-17-7-5-13-22(14-17)21(23)20-12-11-19(25-20)15-24-2/h3-4,6,8,11-12,17H,5,7,9-10,13-15H2,1-2H3/t17-/m1/s1. The van der Waals surface area contributed by atoms with E-state index in [9.17, 15) is 4.79 Å². The van der Waals surface area contributed by atoms with E-state index in [1.165, 1.54) is 17.5 Å². The first-order valence-corrected chi connectivity index (χ1v) is 9.09. The van der Waals surface area contributed by atoms with Gasteiger partial charge in [0.25, 0.3) is 5.91 Å². The van der Waals surface area contributed by atoms with Crippen LogP contribution in [-0.2, 0) is 17.8 Å². The molecule has 1 fully saturated rings. The molecule has 1 amide bonds. The Morgan fingerprint density at radius 3 is 2.92 bits per heavy atom. The van der Waals surface area contributed by atoms with E-state index in [4.69, 9.17) is 9.15 Å². The van der Waals surface area contributed by atoms with Gasteiger partial charge in [-0.05, 0) is 61.8 Å². The van der Waals surface area contributed by atoms with Crippen molar-refractivity contribution in [2.75, 3.05) is 20.2 Å². The number of methoxy groups -OCH3 is 1. The van der Waals surface area contributed by atoms with E-state index >= 15 is 0 Å². The Morgan fingerprint density at radius 1 is 1.28 bits per heavy atom. The zero-order chi connectivity index (χ0) is 17.6. The van der Waals surface area contributed by atoms with Gasteiger partial charge in [0.2, 0.25) is 0 Å². The number of furan rings is 1. The van der Waals surface area contributed by atoms with Crippen LogP contribution in [0.3, 0.4) is 0 Å². The molecule has 1 saturated heterocycles. The summed E-state index contributed by atoms with van der Waals surface area (Å²) in [6, 6.07) is 12.1. The van der Waals surface area contributed by atoms with Gasteiger partial charge in [0.15, 0.2) is 5.76 Å². The van der Waals surface area contributed by atoms with Crippen LogP contribution >= 0.6 is 0 Å². The molecule has 0 N–H and O–H groups in total. The van der Waals surface area contributed by atoms with Gasteiger partial charge >= 0.3 is 0 Å². The van der Waals surface area contributed by atoms with Crippen LogP contribution in [0.15, 0.2) is 40.8 Å². The molecule has 3 rings (SSSR count). The van der Waals surface area contributed by atoms with E-state index in [-0.39, 0.29) is 5.91 Å². The summed E-state index contributed by atoms with van der Waals surface area (Å²) < 4.78 is 10.7. The van der Waals surface area contributed by atoms with Crippen LogP contribution in [0, 0.1) is 12.8 Å². The second-order valence-corrected chi connectivity index (χ2v) is 6.92. The zero-order valence-electron chi connectivity index (χ0n) is 15.2. The summed E-state index contributed by atoms with van der Waals surface area (Å²) in [6.07, 6.45) is 4.47. The third kappa shape index (κ3) is 4.51. The lowest BCUT2D eigenvalue weighted by atomic mass is 9.90. The molecule has 1 atom stereocenters. The molecule has 0 saturated carbocycles. The molecular formula is C21H27NO3. The molecule has 0 spiro atoms. The van der Waals surface area contributed by atoms with Gasteiger partial charge in [0.1, 0.15) is 12.4 Å². The summed E-state index contributed by atoms with van der Waals surface area (Å²) in [7, 11) is 1.62. The van der Waals surface area contributed by atoms with Crippen LogP contribution in [-0.4, -0.2) is 31.0 Å². The first-order valence-electron chi connectivity index (χ1n) is 9.09. The Labute approximate surface area is 149 Å². The van der Waals surface area contributed by atoms with Crippen molar-refractivity contribution >= 4 is 5.91 Å². The van der Waals surface area contributed by atoms with Gasteiger partial charge in [-0.3, -0.25) is 4.79 Å². The summed E-state index contributed by atoms with van der Waals surface area (Å²) >= 11 is 0. The predicted molar refractivity (Wildman–Crippen MR) is 97.5 cm³/mol. The quantitative estimate of drug-likeness (QED) is 0.790. The van der Waals surface area contributed by atoms with Crippen LogP contribution in [0.2, 0.25) is 0 Å². The molecular weight excluding hydrogens is 314 g/mol. The van der Waals surface area contributed by atoms with Gasteiger partial charge in [-0.15, -0.1) is 0 Å². The van der Waals surface area contributed by atoms with Crippen molar-refractivity contribution in [2.45, 2.75) is 39.2 Å². The number of nitrogens with zero attached hydrogens (tertiary/aromatic N) is 1. The fourth-order valence-corrected chi connectivity index (χ4v) is 3.60. The molecule has 0 aliphatic carbocycles. The molecule has 1 aromatic heterocycles. The Balaban J connectivity index is 1.56. The average Bonchev–Trinajstić information content (AvgIpc) is 3.10. The number of piperidine rings is 1. The molecule has 0 unspecified atom stereocenters. The highest BCUT2D eigenvalue weighted by atomic mass is 16.5. The van der Waals surface area contributed by atoms with E-state index < -0.39 is 0 Å². The van der Waals surface area contributed by atoms with Crippen LogP contribution in [0.5, 0.6) is 0 Å². The first kappa shape index (κ1) is 17.7. The van der Waals surface area contributed by atoms with Gasteiger partial charge in [-0.25, -0.2) is 0 Å². The Morgan fingerprint density at radius 2 is 2.12 bits per heavy atom. The lowest BCUT2D eigenvalue weighted by Gasteiger charge is -2.32. The lowest BCUT2D eigenvalue weighted by Crippen LogP contribution is -2.39. The second kappa shape index (κ2) is 8.34. The minimum Gasteiger partial charge on any atom is -0.453 e. The van der Waals surface area contributed by atoms with Crippen molar-refractivity contribution in [3.8, 4) is 0 Å². The Hall–Kier alpha value is -2.07. The van der Waals surface area contributed by atoms with Gasteiger partial charge in [-0.2, -0.15) is 0 Å². The number of ether oxygens (including phenoxy) is 1. The molecule has 134 valence electrons. The third-order valence-electron chi connectivity index (χ3n) is 5.05. The number of hydrogen-bond acceptors (Lipinski definition) is 3. The molecule has 4 heteroatoms. The largest absolute Gasteiger partial charge is 0.453 e. The molecule has 4 nitrogen and oxygen atoms in total. The van der Waals surface area contributed by atoms with E-state index in [0.717, 1.165) is 32.4 Å². The monoisotopic (exact) mass is 341 g/mol. The van der Waals surface area contributed by atoms with Crippen LogP contribution in [0.25, 0.3) is 0 Å². The smallest absolute Gasteiger partial charge is 0.289 e. The predicted octanol–water partition coefficient (Wildman–Crippen LogP) is 4.22. The number of rotatable bonds is 6. The van der Waals surface area contributed by atoms with Gasteiger partial charge < -0.3 is 14.1 Å². The number of carbonyl (C=O) groups is 1. The van der Waals surface area contributed by atoms with Gasteiger partial charge in [-0.1, -0.05) is 24.3 Å². The SMILES string of the molecule is COCc1ccc(C(=O)N2CCC[C@H](CCc3ccccc3C)C2)o1. The van der Waals surface area contributed by atoms with Crippen LogP contribution in [0.4, 0.5) is 0 Å². The minimum absolute atomic E-state index is 0.00273. The van der Waals surface area contributed by atoms with E-state index in [0.29, 0.717) is 24.0 Å². The molecule has 0 radical (unpaired) electrons. The maximum Gasteiger partial charge on any atom is 0.289 e. The summed E-state index contributed by atoms with van der Waals surface area (Å²) in [6.45, 7) is 4.21. The van der Waals surface area contributed by atoms with Crippen molar-refractivity contribution in [1.29, 1.82) is 0 Å². The van der Waals surface area contributed by atoms with Crippen molar-refractivity contribution in [1.82, 2.24) is 4.90 Å². The van der Waals surface area contributed by atoms with Crippen LogP contribution in [0.1, 0.15) is 46.7 Å². The molecule has 1 aromatic carbocycles. The molecule has 25 heavy (non-hydrogen) atoms. The zero-order valence-corrected chi connectivity index (χ0v) is 15.2. The molecule has 2 aromatic rings. The van der Waals surface area contributed by atoms with E-state index in [2.05, 4.69) is 31.2 Å². The first-order chi connectivity index (χ1) is 12.2. The van der Waals surface area contributed by atoms with Crippen LogP contribution < -0.4 is 0 Å². The topological polar surface area (TPSA) is 42.7 Å². The maximum absolute atomic E-state index is 12.7. The molecule has 1 aliphatic heterocycles. The number of aryl methyl sites for hydroxylation is 2. The fraction of sp³-hybridized carbons (Fsp3) is 0.476. The number of hydrogen-bond donors (Lipinski definition) is 0. The van der Waals surface area contributed by atoms with E-state index in [1.807, 2.05) is 11.0 Å². The Kier molecular flexibility index (Phi) is 5.92. The molecule has 2 heterocycles. The van der Waals surface area contributed by atoms with Crippen molar-refractivity contribution < 1.29 is 13.9 Å². The molecule has 0 bridgehead atoms. The summed E-state index contributed by atoms with van der Waals surface area (Å²) in [5, 5.41) is 0. The third-order valence-corrected chi connectivity index (χ3v) is 5.05. The number of likely N-dealkylation sites (tertiary alicyclic amines) is 1. The Bertz CT molecular complexity index is 707. The van der Waals surface area contributed by atoms with Crippen molar-refractivity contribution in [3.05, 3.63) is 59.0 Å².